The number of hydrogen-bond donors (Lipinski definition) is 1. The molecular weight excluding hydrogens is 294 g/mol. The van der Waals surface area contributed by atoms with Gasteiger partial charge in [-0.25, -0.2) is 0 Å². The Bertz CT molecular complexity index is 750. The van der Waals surface area contributed by atoms with Gasteiger partial charge in [0.05, 0.1) is 18.3 Å². The first kappa shape index (κ1) is 15.3. The van der Waals surface area contributed by atoms with E-state index in [0.717, 1.165) is 11.5 Å². The standard InChI is InChI=1S/C15H19N7O/c1-10(2)14(15-17-11(3)19-23-15)16-9-13-18-20-21-22(13)12-7-5-4-6-8-12/h4-8,10,14,16H,9H2,1-3H3. The van der Waals surface area contributed by atoms with Crippen LogP contribution in [0.15, 0.2) is 34.9 Å². The molecule has 0 bridgehead atoms. The van der Waals surface area contributed by atoms with Crippen LogP contribution in [0.2, 0.25) is 0 Å². The van der Waals surface area contributed by atoms with Crippen molar-refractivity contribution in [1.82, 2.24) is 35.7 Å². The molecule has 8 nitrogen and oxygen atoms in total. The number of aromatic nitrogens is 6. The predicted molar refractivity (Wildman–Crippen MR) is 82.6 cm³/mol. The third kappa shape index (κ3) is 3.42. The molecule has 0 aliphatic heterocycles. The molecule has 0 saturated heterocycles. The van der Waals surface area contributed by atoms with Gasteiger partial charge in [-0.3, -0.25) is 5.32 Å². The lowest BCUT2D eigenvalue weighted by Gasteiger charge is -2.18. The Morgan fingerprint density at radius 1 is 1.22 bits per heavy atom. The molecule has 0 fully saturated rings. The largest absolute Gasteiger partial charge is 0.338 e. The first-order valence-corrected chi connectivity index (χ1v) is 7.51. The van der Waals surface area contributed by atoms with E-state index in [-0.39, 0.29) is 12.0 Å². The quantitative estimate of drug-likeness (QED) is 0.742. The van der Waals surface area contributed by atoms with Crippen molar-refractivity contribution in [2.75, 3.05) is 0 Å². The minimum atomic E-state index is -0.0582. The number of nitrogens with zero attached hydrogens (tertiary/aromatic N) is 6. The van der Waals surface area contributed by atoms with Gasteiger partial charge < -0.3 is 4.52 Å². The molecule has 0 radical (unpaired) electrons. The summed E-state index contributed by atoms with van der Waals surface area (Å²) in [4.78, 5) is 4.31. The molecule has 3 aromatic rings. The molecule has 8 heteroatoms. The Kier molecular flexibility index (Phi) is 4.42. The highest BCUT2D eigenvalue weighted by atomic mass is 16.5. The molecule has 3 rings (SSSR count). The van der Waals surface area contributed by atoms with Gasteiger partial charge in [-0.1, -0.05) is 37.2 Å². The second kappa shape index (κ2) is 6.66. The van der Waals surface area contributed by atoms with Crippen molar-refractivity contribution in [2.24, 2.45) is 5.92 Å². The van der Waals surface area contributed by atoms with Crippen molar-refractivity contribution in [2.45, 2.75) is 33.4 Å². The van der Waals surface area contributed by atoms with E-state index < -0.39 is 0 Å². The summed E-state index contributed by atoms with van der Waals surface area (Å²) >= 11 is 0. The highest BCUT2D eigenvalue weighted by Crippen LogP contribution is 2.20. The Morgan fingerprint density at radius 3 is 2.65 bits per heavy atom. The number of para-hydroxylation sites is 1. The number of hydrogen-bond acceptors (Lipinski definition) is 7. The predicted octanol–water partition coefficient (Wildman–Crippen LogP) is 1.84. The lowest BCUT2D eigenvalue weighted by Crippen LogP contribution is -2.27. The summed E-state index contributed by atoms with van der Waals surface area (Å²) in [6.45, 7) is 6.49. The highest BCUT2D eigenvalue weighted by molar-refractivity contribution is 5.30. The van der Waals surface area contributed by atoms with Crippen LogP contribution in [-0.2, 0) is 6.54 Å². The van der Waals surface area contributed by atoms with Gasteiger partial charge in [0.1, 0.15) is 0 Å². The van der Waals surface area contributed by atoms with Gasteiger partial charge in [0.2, 0.25) is 5.89 Å². The fourth-order valence-electron chi connectivity index (χ4n) is 2.33. The molecule has 1 unspecified atom stereocenters. The van der Waals surface area contributed by atoms with Gasteiger partial charge in [0.15, 0.2) is 11.6 Å². The summed E-state index contributed by atoms with van der Waals surface area (Å²) in [5, 5.41) is 19.2. The van der Waals surface area contributed by atoms with Crippen LogP contribution >= 0.6 is 0 Å². The molecule has 1 atom stereocenters. The van der Waals surface area contributed by atoms with Gasteiger partial charge in [-0.2, -0.15) is 9.67 Å². The average Bonchev–Trinajstić information content (AvgIpc) is 3.17. The van der Waals surface area contributed by atoms with E-state index in [1.54, 1.807) is 11.6 Å². The van der Waals surface area contributed by atoms with Crippen LogP contribution < -0.4 is 5.32 Å². The second-order valence-electron chi connectivity index (χ2n) is 5.62. The van der Waals surface area contributed by atoms with E-state index >= 15 is 0 Å². The fourth-order valence-corrected chi connectivity index (χ4v) is 2.33. The summed E-state index contributed by atoms with van der Waals surface area (Å²) < 4.78 is 7.00. The molecular formula is C15H19N7O. The maximum atomic E-state index is 5.29. The summed E-state index contributed by atoms with van der Waals surface area (Å²) in [6, 6.07) is 9.72. The zero-order valence-corrected chi connectivity index (χ0v) is 13.3. The van der Waals surface area contributed by atoms with Crippen LogP contribution in [0.5, 0.6) is 0 Å². The molecule has 1 N–H and O–H groups in total. The Balaban J connectivity index is 1.76. The molecule has 23 heavy (non-hydrogen) atoms. The number of rotatable bonds is 6. The smallest absolute Gasteiger partial charge is 0.244 e. The van der Waals surface area contributed by atoms with Crippen LogP contribution in [0, 0.1) is 12.8 Å². The molecule has 2 aromatic heterocycles. The van der Waals surface area contributed by atoms with Crippen LogP contribution in [0.4, 0.5) is 0 Å². The third-order valence-electron chi connectivity index (χ3n) is 3.49. The summed E-state index contributed by atoms with van der Waals surface area (Å²) in [5.74, 6) is 2.21. The SMILES string of the molecule is Cc1noc(C(NCc2nnnn2-c2ccccc2)C(C)C)n1. The monoisotopic (exact) mass is 313 g/mol. The molecule has 2 heterocycles. The van der Waals surface area contributed by atoms with Crippen molar-refractivity contribution in [1.29, 1.82) is 0 Å². The van der Waals surface area contributed by atoms with Crippen LogP contribution in [0.1, 0.15) is 37.4 Å². The number of tetrazole rings is 1. The molecule has 0 amide bonds. The van der Waals surface area contributed by atoms with E-state index in [9.17, 15) is 0 Å². The lowest BCUT2D eigenvalue weighted by molar-refractivity contribution is 0.285. The molecule has 0 aliphatic carbocycles. The molecule has 0 spiro atoms. The van der Waals surface area contributed by atoms with E-state index in [1.807, 2.05) is 30.3 Å². The molecule has 1 aromatic carbocycles. The van der Waals surface area contributed by atoms with Gasteiger partial charge >= 0.3 is 0 Å². The van der Waals surface area contributed by atoms with Crippen LogP contribution in [0.3, 0.4) is 0 Å². The van der Waals surface area contributed by atoms with Gasteiger partial charge in [0.25, 0.3) is 0 Å². The van der Waals surface area contributed by atoms with Gasteiger partial charge in [0, 0.05) is 0 Å². The molecule has 0 aliphatic rings. The van der Waals surface area contributed by atoms with E-state index in [1.165, 1.54) is 0 Å². The number of aryl methyl sites for hydroxylation is 1. The highest BCUT2D eigenvalue weighted by Gasteiger charge is 2.22. The first-order valence-electron chi connectivity index (χ1n) is 7.51. The number of benzene rings is 1. The first-order chi connectivity index (χ1) is 11.1. The average molecular weight is 313 g/mol. The second-order valence-corrected chi connectivity index (χ2v) is 5.62. The Hall–Kier alpha value is -2.61. The topological polar surface area (TPSA) is 94.5 Å². The fraction of sp³-hybridized carbons (Fsp3) is 0.400. The maximum Gasteiger partial charge on any atom is 0.244 e. The molecule has 120 valence electrons. The van der Waals surface area contributed by atoms with Gasteiger partial charge in [-0.15, -0.1) is 5.10 Å². The van der Waals surface area contributed by atoms with Crippen molar-refractivity contribution in [3.05, 3.63) is 47.9 Å². The summed E-state index contributed by atoms with van der Waals surface area (Å²) in [6.07, 6.45) is 0. The van der Waals surface area contributed by atoms with E-state index in [0.29, 0.717) is 18.3 Å². The third-order valence-corrected chi connectivity index (χ3v) is 3.49. The van der Waals surface area contributed by atoms with Crippen molar-refractivity contribution in [3.63, 3.8) is 0 Å². The van der Waals surface area contributed by atoms with Crippen LogP contribution in [-0.4, -0.2) is 30.3 Å². The zero-order chi connectivity index (χ0) is 16.2. The van der Waals surface area contributed by atoms with E-state index in [2.05, 4.69) is 44.8 Å². The molecule has 0 saturated carbocycles. The normalized spacial score (nSPS) is 12.7. The van der Waals surface area contributed by atoms with Crippen LogP contribution in [0.25, 0.3) is 5.69 Å². The van der Waals surface area contributed by atoms with Crippen molar-refractivity contribution in [3.8, 4) is 5.69 Å². The maximum absolute atomic E-state index is 5.29. The zero-order valence-electron chi connectivity index (χ0n) is 13.3. The Morgan fingerprint density at radius 2 is 2.00 bits per heavy atom. The lowest BCUT2D eigenvalue weighted by atomic mass is 10.0. The summed E-state index contributed by atoms with van der Waals surface area (Å²) in [5.41, 5.74) is 0.920. The number of nitrogens with one attached hydrogen (secondary N) is 1. The minimum absolute atomic E-state index is 0.0582. The minimum Gasteiger partial charge on any atom is -0.338 e. The summed E-state index contributed by atoms with van der Waals surface area (Å²) in [7, 11) is 0. The van der Waals surface area contributed by atoms with Gasteiger partial charge in [-0.05, 0) is 35.4 Å². The van der Waals surface area contributed by atoms with E-state index in [4.69, 9.17) is 4.52 Å². The van der Waals surface area contributed by atoms with Crippen molar-refractivity contribution < 1.29 is 4.52 Å². The van der Waals surface area contributed by atoms with Crippen molar-refractivity contribution >= 4 is 0 Å². The Labute approximate surface area is 133 Å².